The Balaban J connectivity index is 1.76. The molecular formula is C19H17F3N2O3S. The monoisotopic (exact) mass is 410 g/mol. The summed E-state index contributed by atoms with van der Waals surface area (Å²) >= 11 is 0. The van der Waals surface area contributed by atoms with Gasteiger partial charge in [0.05, 0.1) is 35.7 Å². The van der Waals surface area contributed by atoms with Gasteiger partial charge in [-0.1, -0.05) is 24.3 Å². The number of carbonyl (C=O) groups excluding carboxylic acids is 1. The molecule has 2 heterocycles. The SMILES string of the molecule is O=C1CN(c2ccccc2)C2CS(=O)(=O)CC2N1c1cccc(C(F)(F)F)c1. The summed E-state index contributed by atoms with van der Waals surface area (Å²) in [6.45, 7) is -0.100. The van der Waals surface area contributed by atoms with Crippen molar-refractivity contribution >= 4 is 27.1 Å². The molecule has 148 valence electrons. The molecule has 2 atom stereocenters. The quantitative estimate of drug-likeness (QED) is 0.764. The first-order chi connectivity index (χ1) is 13.2. The van der Waals surface area contributed by atoms with Gasteiger partial charge in [-0.25, -0.2) is 8.42 Å². The third-order valence-corrected chi connectivity index (χ3v) is 6.84. The van der Waals surface area contributed by atoms with Gasteiger partial charge in [0.2, 0.25) is 5.91 Å². The van der Waals surface area contributed by atoms with E-state index in [2.05, 4.69) is 0 Å². The van der Waals surface area contributed by atoms with Gasteiger partial charge in [-0.15, -0.1) is 0 Å². The van der Waals surface area contributed by atoms with Crippen molar-refractivity contribution in [3.63, 3.8) is 0 Å². The number of carbonyl (C=O) groups is 1. The molecule has 2 aromatic rings. The fourth-order valence-corrected chi connectivity index (χ4v) is 5.90. The largest absolute Gasteiger partial charge is 0.416 e. The van der Waals surface area contributed by atoms with E-state index in [4.69, 9.17) is 0 Å². The number of anilines is 2. The summed E-state index contributed by atoms with van der Waals surface area (Å²) in [5.74, 6) is -0.848. The number of hydrogen-bond acceptors (Lipinski definition) is 4. The third-order valence-electron chi connectivity index (χ3n) is 5.14. The number of alkyl halides is 3. The molecule has 5 nitrogen and oxygen atoms in total. The number of nitrogens with zero attached hydrogens (tertiary/aromatic N) is 2. The minimum atomic E-state index is -4.55. The molecule has 2 aromatic carbocycles. The highest BCUT2D eigenvalue weighted by Crippen LogP contribution is 2.37. The molecule has 0 radical (unpaired) electrons. The fourth-order valence-electron chi connectivity index (χ4n) is 3.95. The van der Waals surface area contributed by atoms with Gasteiger partial charge in [0.1, 0.15) is 0 Å². The molecule has 0 bridgehead atoms. The number of piperazine rings is 1. The van der Waals surface area contributed by atoms with Crippen molar-refractivity contribution in [2.24, 2.45) is 0 Å². The molecule has 0 aromatic heterocycles. The second-order valence-corrected chi connectivity index (χ2v) is 9.14. The lowest BCUT2D eigenvalue weighted by atomic mass is 10.0. The molecule has 4 rings (SSSR count). The maximum atomic E-state index is 13.1. The number of rotatable bonds is 2. The zero-order valence-corrected chi connectivity index (χ0v) is 15.4. The van der Waals surface area contributed by atoms with Gasteiger partial charge in [-0.05, 0) is 30.3 Å². The Kier molecular flexibility index (Phi) is 4.37. The summed E-state index contributed by atoms with van der Waals surface area (Å²) < 4.78 is 64.0. The van der Waals surface area contributed by atoms with E-state index in [1.54, 1.807) is 29.2 Å². The molecule has 2 aliphatic heterocycles. The first-order valence-corrected chi connectivity index (χ1v) is 10.5. The van der Waals surface area contributed by atoms with E-state index in [9.17, 15) is 26.4 Å². The molecule has 0 spiro atoms. The lowest BCUT2D eigenvalue weighted by molar-refractivity contribution is -0.137. The molecule has 2 unspecified atom stereocenters. The zero-order chi connectivity index (χ0) is 20.1. The lowest BCUT2D eigenvalue weighted by Gasteiger charge is -2.44. The van der Waals surface area contributed by atoms with Gasteiger partial charge in [0.25, 0.3) is 0 Å². The summed E-state index contributed by atoms with van der Waals surface area (Å²) in [5.41, 5.74) is -0.0908. The Morgan fingerprint density at radius 3 is 2.21 bits per heavy atom. The van der Waals surface area contributed by atoms with E-state index < -0.39 is 39.6 Å². The van der Waals surface area contributed by atoms with E-state index in [0.717, 1.165) is 12.1 Å². The predicted octanol–water partition coefficient (Wildman–Crippen LogP) is 2.72. The van der Waals surface area contributed by atoms with Gasteiger partial charge < -0.3 is 9.80 Å². The van der Waals surface area contributed by atoms with Crippen molar-refractivity contribution in [3.05, 3.63) is 60.2 Å². The second-order valence-electron chi connectivity index (χ2n) is 6.99. The smallest absolute Gasteiger partial charge is 0.356 e. The van der Waals surface area contributed by atoms with E-state index in [1.807, 2.05) is 6.07 Å². The predicted molar refractivity (Wildman–Crippen MR) is 98.9 cm³/mol. The van der Waals surface area contributed by atoms with Crippen LogP contribution in [0.25, 0.3) is 0 Å². The van der Waals surface area contributed by atoms with Crippen LogP contribution in [0.3, 0.4) is 0 Å². The van der Waals surface area contributed by atoms with Gasteiger partial charge in [0.15, 0.2) is 9.84 Å². The standard InChI is InChI=1S/C19H17F3N2O3S/c20-19(21,22)13-5-4-8-15(9-13)24-17-12-28(26,27)11-16(17)23(10-18(24)25)14-6-2-1-3-7-14/h1-9,16-17H,10-12H2. The van der Waals surface area contributed by atoms with Gasteiger partial charge >= 0.3 is 6.18 Å². The number of halogens is 3. The summed E-state index contributed by atoms with van der Waals surface area (Å²) in [7, 11) is -3.43. The summed E-state index contributed by atoms with van der Waals surface area (Å²) in [6, 6.07) is 12.2. The van der Waals surface area contributed by atoms with Crippen molar-refractivity contribution in [2.45, 2.75) is 18.3 Å². The van der Waals surface area contributed by atoms with Crippen molar-refractivity contribution in [2.75, 3.05) is 27.9 Å². The van der Waals surface area contributed by atoms with E-state index in [1.165, 1.54) is 17.0 Å². The number of para-hydroxylation sites is 1. The first kappa shape index (κ1) is 18.8. The highest BCUT2D eigenvalue weighted by Gasteiger charge is 2.50. The van der Waals surface area contributed by atoms with Crippen LogP contribution in [-0.2, 0) is 20.8 Å². The minimum absolute atomic E-state index is 0.0691. The van der Waals surface area contributed by atoms with Gasteiger partial charge in [-0.2, -0.15) is 13.2 Å². The van der Waals surface area contributed by atoms with Crippen LogP contribution in [0.1, 0.15) is 5.56 Å². The minimum Gasteiger partial charge on any atom is -0.356 e. The van der Waals surface area contributed by atoms with E-state index in [0.29, 0.717) is 5.69 Å². The van der Waals surface area contributed by atoms with Crippen molar-refractivity contribution in [1.29, 1.82) is 0 Å². The number of fused-ring (bicyclic) bond motifs is 1. The fraction of sp³-hybridized carbons (Fsp3) is 0.316. The summed E-state index contributed by atoms with van der Waals surface area (Å²) in [4.78, 5) is 15.9. The van der Waals surface area contributed by atoms with Crippen molar-refractivity contribution < 1.29 is 26.4 Å². The molecule has 1 amide bonds. The average Bonchev–Trinajstić information content (AvgIpc) is 2.96. The van der Waals surface area contributed by atoms with Gasteiger partial charge in [-0.3, -0.25) is 4.79 Å². The van der Waals surface area contributed by atoms with Gasteiger partial charge in [0, 0.05) is 11.4 Å². The lowest BCUT2D eigenvalue weighted by Crippen LogP contribution is -2.62. The van der Waals surface area contributed by atoms with Crippen LogP contribution in [0.5, 0.6) is 0 Å². The summed E-state index contributed by atoms with van der Waals surface area (Å²) in [6.07, 6.45) is -4.55. The molecule has 2 aliphatic rings. The van der Waals surface area contributed by atoms with Crippen LogP contribution < -0.4 is 9.80 Å². The number of sulfone groups is 1. The Bertz CT molecular complexity index is 1010. The molecular weight excluding hydrogens is 393 g/mol. The Labute approximate surface area is 160 Å². The summed E-state index contributed by atoms with van der Waals surface area (Å²) in [5, 5.41) is 0. The van der Waals surface area contributed by atoms with E-state index >= 15 is 0 Å². The van der Waals surface area contributed by atoms with Crippen molar-refractivity contribution in [3.8, 4) is 0 Å². The third kappa shape index (κ3) is 3.34. The second kappa shape index (κ2) is 6.51. The molecule has 2 saturated heterocycles. The molecule has 0 N–H and O–H groups in total. The first-order valence-electron chi connectivity index (χ1n) is 8.67. The van der Waals surface area contributed by atoms with Crippen LogP contribution in [-0.4, -0.2) is 44.5 Å². The molecule has 0 saturated carbocycles. The Morgan fingerprint density at radius 1 is 0.893 bits per heavy atom. The number of hydrogen-bond donors (Lipinski definition) is 0. The highest BCUT2D eigenvalue weighted by molar-refractivity contribution is 7.91. The topological polar surface area (TPSA) is 57.7 Å². The highest BCUT2D eigenvalue weighted by atomic mass is 32.2. The zero-order valence-electron chi connectivity index (χ0n) is 14.6. The van der Waals surface area contributed by atoms with Crippen LogP contribution in [0.4, 0.5) is 24.5 Å². The van der Waals surface area contributed by atoms with Crippen LogP contribution >= 0.6 is 0 Å². The maximum absolute atomic E-state index is 13.1. The Morgan fingerprint density at radius 2 is 1.54 bits per heavy atom. The molecule has 9 heteroatoms. The normalized spacial score (nSPS) is 24.3. The van der Waals surface area contributed by atoms with Crippen molar-refractivity contribution in [1.82, 2.24) is 0 Å². The van der Waals surface area contributed by atoms with E-state index in [-0.39, 0.29) is 23.7 Å². The molecule has 0 aliphatic carbocycles. The number of amides is 1. The maximum Gasteiger partial charge on any atom is 0.416 e. The van der Waals surface area contributed by atoms with Crippen LogP contribution in [0.15, 0.2) is 54.6 Å². The molecule has 2 fully saturated rings. The number of benzene rings is 2. The average molecular weight is 410 g/mol. The Hall–Kier alpha value is -2.55. The van der Waals surface area contributed by atoms with Crippen LogP contribution in [0, 0.1) is 0 Å². The molecule has 28 heavy (non-hydrogen) atoms. The van der Waals surface area contributed by atoms with Crippen LogP contribution in [0.2, 0.25) is 0 Å².